The highest BCUT2D eigenvalue weighted by molar-refractivity contribution is 5.71. The molecule has 0 radical (unpaired) electrons. The van der Waals surface area contributed by atoms with Gasteiger partial charge in [-0.1, -0.05) is 0 Å². The molecule has 142 valence electrons. The van der Waals surface area contributed by atoms with Crippen LogP contribution in [0.5, 0.6) is 17.2 Å². The van der Waals surface area contributed by atoms with Crippen molar-refractivity contribution in [3.05, 3.63) is 87.0 Å². The first-order chi connectivity index (χ1) is 13.5. The molecule has 9 heteroatoms. The number of ether oxygens (including phenoxy) is 2. The largest absolute Gasteiger partial charge is 0.497 e. The molecule has 28 heavy (non-hydrogen) atoms. The second-order valence-electron chi connectivity index (χ2n) is 5.64. The van der Waals surface area contributed by atoms with Crippen LogP contribution in [0.1, 0.15) is 0 Å². The zero-order chi connectivity index (χ0) is 20.1. The van der Waals surface area contributed by atoms with E-state index in [2.05, 4.69) is 5.32 Å². The molecule has 1 N–H and O–H groups in total. The van der Waals surface area contributed by atoms with Crippen molar-refractivity contribution in [2.45, 2.75) is 0 Å². The van der Waals surface area contributed by atoms with Gasteiger partial charge in [0.1, 0.15) is 22.9 Å². The van der Waals surface area contributed by atoms with Gasteiger partial charge in [-0.05, 0) is 54.6 Å². The van der Waals surface area contributed by atoms with Crippen LogP contribution in [0.3, 0.4) is 0 Å². The molecule has 0 spiro atoms. The van der Waals surface area contributed by atoms with Crippen LogP contribution in [0.15, 0.2) is 66.7 Å². The predicted octanol–water partition coefficient (Wildman–Crippen LogP) is 5.05. The molecule has 3 aromatic carbocycles. The van der Waals surface area contributed by atoms with Gasteiger partial charge < -0.3 is 14.8 Å². The van der Waals surface area contributed by atoms with E-state index in [1.165, 1.54) is 12.1 Å². The normalized spacial score (nSPS) is 10.2. The summed E-state index contributed by atoms with van der Waals surface area (Å²) in [7, 11) is 1.58. The third-order valence-corrected chi connectivity index (χ3v) is 3.82. The fourth-order valence-electron chi connectivity index (χ4n) is 2.43. The Bertz CT molecular complexity index is 1000. The van der Waals surface area contributed by atoms with E-state index in [1.54, 1.807) is 55.6 Å². The Labute approximate surface area is 159 Å². The topological polar surface area (TPSA) is 117 Å². The molecule has 0 bridgehead atoms. The van der Waals surface area contributed by atoms with Crippen LogP contribution in [-0.4, -0.2) is 17.0 Å². The lowest BCUT2D eigenvalue weighted by Gasteiger charge is -2.09. The van der Waals surface area contributed by atoms with Crippen LogP contribution in [0.25, 0.3) is 0 Å². The van der Waals surface area contributed by atoms with E-state index < -0.39 is 9.85 Å². The number of nitrogens with zero attached hydrogens (tertiary/aromatic N) is 2. The van der Waals surface area contributed by atoms with Gasteiger partial charge in [-0.2, -0.15) is 0 Å². The summed E-state index contributed by atoms with van der Waals surface area (Å²) in [6.45, 7) is 0. The van der Waals surface area contributed by atoms with E-state index in [-0.39, 0.29) is 17.1 Å². The fraction of sp³-hybridized carbons (Fsp3) is 0.0526. The molecule has 0 aliphatic heterocycles. The van der Waals surface area contributed by atoms with Gasteiger partial charge in [0.05, 0.1) is 23.0 Å². The summed E-state index contributed by atoms with van der Waals surface area (Å²) in [5.74, 6) is 1.93. The molecule has 0 heterocycles. The van der Waals surface area contributed by atoms with Crippen molar-refractivity contribution >= 4 is 22.7 Å². The van der Waals surface area contributed by atoms with Crippen molar-refractivity contribution in [3.8, 4) is 17.2 Å². The average molecular weight is 381 g/mol. The van der Waals surface area contributed by atoms with Crippen molar-refractivity contribution in [1.82, 2.24) is 0 Å². The van der Waals surface area contributed by atoms with Gasteiger partial charge >= 0.3 is 0 Å². The van der Waals surface area contributed by atoms with E-state index in [0.29, 0.717) is 17.2 Å². The Morgan fingerprint density at radius 2 is 1.36 bits per heavy atom. The summed E-state index contributed by atoms with van der Waals surface area (Å²) in [4.78, 5) is 20.7. The summed E-state index contributed by atoms with van der Waals surface area (Å²) in [5, 5.41) is 24.9. The average Bonchev–Trinajstić information content (AvgIpc) is 2.70. The Kier molecular flexibility index (Phi) is 5.35. The first kappa shape index (κ1) is 18.6. The van der Waals surface area contributed by atoms with Crippen molar-refractivity contribution in [1.29, 1.82) is 0 Å². The molecule has 0 aromatic heterocycles. The molecule has 0 amide bonds. The standard InChI is InChI=1S/C19H15N3O6/c1-27-15-7-9-17(10-8-15)28-16-5-2-13(3-6-16)20-18-11-4-14(21(23)24)12-19(18)22(25)26/h2-12,20H,1H3. The molecule has 0 saturated carbocycles. The molecule has 9 nitrogen and oxygen atoms in total. The second-order valence-corrected chi connectivity index (χ2v) is 5.64. The number of hydrogen-bond donors (Lipinski definition) is 1. The van der Waals surface area contributed by atoms with Crippen molar-refractivity contribution in [2.75, 3.05) is 12.4 Å². The maximum absolute atomic E-state index is 11.2. The molecule has 0 saturated heterocycles. The predicted molar refractivity (Wildman–Crippen MR) is 103 cm³/mol. The fourth-order valence-corrected chi connectivity index (χ4v) is 2.43. The lowest BCUT2D eigenvalue weighted by Crippen LogP contribution is -1.98. The van der Waals surface area contributed by atoms with Crippen LogP contribution in [-0.2, 0) is 0 Å². The monoisotopic (exact) mass is 381 g/mol. The van der Waals surface area contributed by atoms with E-state index in [4.69, 9.17) is 9.47 Å². The molecule has 0 aliphatic carbocycles. The third-order valence-electron chi connectivity index (χ3n) is 3.82. The number of benzene rings is 3. The minimum Gasteiger partial charge on any atom is -0.497 e. The number of nitro groups is 2. The summed E-state index contributed by atoms with van der Waals surface area (Å²) in [6, 6.07) is 17.3. The molecule has 3 aromatic rings. The summed E-state index contributed by atoms with van der Waals surface area (Å²) < 4.78 is 10.8. The summed E-state index contributed by atoms with van der Waals surface area (Å²) >= 11 is 0. The number of non-ortho nitro benzene ring substituents is 1. The van der Waals surface area contributed by atoms with Crippen LogP contribution < -0.4 is 14.8 Å². The zero-order valence-electron chi connectivity index (χ0n) is 14.7. The lowest BCUT2D eigenvalue weighted by atomic mass is 10.2. The Balaban J connectivity index is 1.75. The number of rotatable bonds is 7. The quantitative estimate of drug-likeness (QED) is 0.449. The Morgan fingerprint density at radius 1 is 0.786 bits per heavy atom. The van der Waals surface area contributed by atoms with Gasteiger partial charge in [-0.3, -0.25) is 20.2 Å². The highest BCUT2D eigenvalue weighted by Crippen LogP contribution is 2.32. The van der Waals surface area contributed by atoms with Crippen LogP contribution >= 0.6 is 0 Å². The van der Waals surface area contributed by atoms with Gasteiger partial charge in [0, 0.05) is 11.8 Å². The maximum Gasteiger partial charge on any atom is 0.299 e. The SMILES string of the molecule is COc1ccc(Oc2ccc(Nc3ccc([N+](=O)[O-])cc3[N+](=O)[O-])cc2)cc1. The highest BCUT2D eigenvalue weighted by Gasteiger charge is 2.19. The van der Waals surface area contributed by atoms with Gasteiger partial charge in [-0.15, -0.1) is 0 Å². The number of nitrogens with one attached hydrogen (secondary N) is 1. The van der Waals surface area contributed by atoms with Crippen LogP contribution in [0, 0.1) is 20.2 Å². The van der Waals surface area contributed by atoms with Crippen LogP contribution in [0.4, 0.5) is 22.7 Å². The molecular weight excluding hydrogens is 366 g/mol. The van der Waals surface area contributed by atoms with E-state index in [9.17, 15) is 20.2 Å². The Hall–Kier alpha value is -4.14. The highest BCUT2D eigenvalue weighted by atomic mass is 16.6. The molecule has 0 unspecified atom stereocenters. The summed E-state index contributed by atoms with van der Waals surface area (Å²) in [6.07, 6.45) is 0. The second kappa shape index (κ2) is 8.04. The van der Waals surface area contributed by atoms with Crippen molar-refractivity contribution in [3.63, 3.8) is 0 Å². The molecule has 0 atom stereocenters. The number of anilines is 2. The summed E-state index contributed by atoms with van der Waals surface area (Å²) in [5.41, 5.74) is -0.00768. The molecular formula is C19H15N3O6. The van der Waals surface area contributed by atoms with Crippen molar-refractivity contribution in [2.24, 2.45) is 0 Å². The first-order valence-corrected chi connectivity index (χ1v) is 8.08. The van der Waals surface area contributed by atoms with E-state index in [1.807, 2.05) is 0 Å². The Morgan fingerprint density at radius 3 is 1.89 bits per heavy atom. The molecule has 0 fully saturated rings. The third kappa shape index (κ3) is 4.33. The number of hydrogen-bond acceptors (Lipinski definition) is 7. The first-order valence-electron chi connectivity index (χ1n) is 8.08. The molecule has 3 rings (SSSR count). The maximum atomic E-state index is 11.2. The van der Waals surface area contributed by atoms with Gasteiger partial charge in [0.15, 0.2) is 0 Å². The zero-order valence-corrected chi connectivity index (χ0v) is 14.7. The minimum absolute atomic E-state index is 0.152. The smallest absolute Gasteiger partial charge is 0.299 e. The lowest BCUT2D eigenvalue weighted by molar-refractivity contribution is -0.393. The number of nitro benzene ring substituents is 2. The van der Waals surface area contributed by atoms with Gasteiger partial charge in [0.25, 0.3) is 11.4 Å². The van der Waals surface area contributed by atoms with Crippen LogP contribution in [0.2, 0.25) is 0 Å². The van der Waals surface area contributed by atoms with E-state index >= 15 is 0 Å². The number of methoxy groups -OCH3 is 1. The van der Waals surface area contributed by atoms with E-state index in [0.717, 1.165) is 11.8 Å². The van der Waals surface area contributed by atoms with Crippen molar-refractivity contribution < 1.29 is 19.3 Å². The minimum atomic E-state index is -0.678. The van der Waals surface area contributed by atoms with Gasteiger partial charge in [0.2, 0.25) is 0 Å². The molecule has 0 aliphatic rings. The van der Waals surface area contributed by atoms with Gasteiger partial charge in [-0.25, -0.2) is 0 Å².